The zero-order valence-corrected chi connectivity index (χ0v) is 17.2. The summed E-state index contributed by atoms with van der Waals surface area (Å²) in [7, 11) is 0. The SMILES string of the molecule is CC(Nc1ccc(NC(=O)Cn2c(C(F)(F)F)nc3ccccc32)cc1)c1ccccc1. The smallest absolute Gasteiger partial charge is 0.379 e. The van der Waals surface area contributed by atoms with Gasteiger partial charge in [0.05, 0.1) is 11.0 Å². The van der Waals surface area contributed by atoms with Crippen molar-refractivity contribution >= 4 is 28.3 Å². The van der Waals surface area contributed by atoms with Crippen LogP contribution < -0.4 is 10.6 Å². The molecule has 0 radical (unpaired) electrons. The van der Waals surface area contributed by atoms with Crippen LogP contribution in [-0.4, -0.2) is 15.5 Å². The van der Waals surface area contributed by atoms with E-state index >= 15 is 0 Å². The van der Waals surface area contributed by atoms with Crippen LogP contribution in [-0.2, 0) is 17.5 Å². The number of carbonyl (C=O) groups excluding carboxylic acids is 1. The molecule has 4 aromatic rings. The molecular formula is C24H21F3N4O. The molecule has 1 atom stereocenters. The van der Waals surface area contributed by atoms with Crippen molar-refractivity contribution in [1.82, 2.24) is 9.55 Å². The Balaban J connectivity index is 1.45. The lowest BCUT2D eigenvalue weighted by Gasteiger charge is -2.16. The fourth-order valence-electron chi connectivity index (χ4n) is 3.52. The van der Waals surface area contributed by atoms with E-state index in [0.29, 0.717) is 5.69 Å². The summed E-state index contributed by atoms with van der Waals surface area (Å²) in [5.41, 5.74) is 2.93. The van der Waals surface area contributed by atoms with Crippen molar-refractivity contribution in [2.75, 3.05) is 10.6 Å². The monoisotopic (exact) mass is 438 g/mol. The van der Waals surface area contributed by atoms with E-state index in [4.69, 9.17) is 0 Å². The molecule has 0 aliphatic rings. The molecular weight excluding hydrogens is 417 g/mol. The molecule has 164 valence electrons. The van der Waals surface area contributed by atoms with Crippen LogP contribution in [0.25, 0.3) is 11.0 Å². The number of carbonyl (C=O) groups is 1. The van der Waals surface area contributed by atoms with Crippen molar-refractivity contribution in [2.24, 2.45) is 0 Å². The lowest BCUT2D eigenvalue weighted by molar-refractivity contribution is -0.147. The van der Waals surface area contributed by atoms with Crippen LogP contribution in [0.4, 0.5) is 24.5 Å². The largest absolute Gasteiger partial charge is 0.449 e. The summed E-state index contributed by atoms with van der Waals surface area (Å²) in [5, 5.41) is 6.02. The first kappa shape index (κ1) is 21.4. The van der Waals surface area contributed by atoms with E-state index < -0.39 is 24.5 Å². The average molecular weight is 438 g/mol. The van der Waals surface area contributed by atoms with E-state index in [1.807, 2.05) is 49.4 Å². The Labute approximate surface area is 182 Å². The molecule has 1 heterocycles. The molecule has 1 amide bonds. The number of anilines is 2. The van der Waals surface area contributed by atoms with Crippen LogP contribution in [0.15, 0.2) is 78.9 Å². The van der Waals surface area contributed by atoms with Gasteiger partial charge >= 0.3 is 6.18 Å². The van der Waals surface area contributed by atoms with Crippen molar-refractivity contribution in [3.8, 4) is 0 Å². The van der Waals surface area contributed by atoms with Gasteiger partial charge in [-0.3, -0.25) is 4.79 Å². The van der Waals surface area contributed by atoms with Gasteiger partial charge in [0.15, 0.2) is 0 Å². The van der Waals surface area contributed by atoms with Gasteiger partial charge in [-0.2, -0.15) is 13.2 Å². The van der Waals surface area contributed by atoms with E-state index in [9.17, 15) is 18.0 Å². The number of hydrogen-bond acceptors (Lipinski definition) is 3. The second-order valence-corrected chi connectivity index (χ2v) is 7.41. The van der Waals surface area contributed by atoms with Gasteiger partial charge in [-0.05, 0) is 48.9 Å². The predicted octanol–water partition coefficient (Wildman–Crippen LogP) is 5.87. The van der Waals surface area contributed by atoms with E-state index in [0.717, 1.165) is 15.8 Å². The number of halogens is 3. The lowest BCUT2D eigenvalue weighted by Crippen LogP contribution is -2.23. The first-order chi connectivity index (χ1) is 15.3. The maximum absolute atomic E-state index is 13.4. The molecule has 0 fully saturated rings. The molecule has 0 saturated heterocycles. The van der Waals surface area contributed by atoms with Gasteiger partial charge in [0.2, 0.25) is 11.7 Å². The van der Waals surface area contributed by atoms with Crippen LogP contribution in [0.5, 0.6) is 0 Å². The van der Waals surface area contributed by atoms with Gasteiger partial charge in [0, 0.05) is 17.4 Å². The number of fused-ring (bicyclic) bond motifs is 1. The molecule has 1 unspecified atom stereocenters. The number of nitrogens with one attached hydrogen (secondary N) is 2. The van der Waals surface area contributed by atoms with Gasteiger partial charge in [0.25, 0.3) is 0 Å². The lowest BCUT2D eigenvalue weighted by atomic mass is 10.1. The molecule has 0 bridgehead atoms. The first-order valence-electron chi connectivity index (χ1n) is 10.0. The second-order valence-electron chi connectivity index (χ2n) is 7.41. The van der Waals surface area contributed by atoms with Crippen molar-refractivity contribution in [3.63, 3.8) is 0 Å². The zero-order chi connectivity index (χ0) is 22.7. The van der Waals surface area contributed by atoms with Crippen LogP contribution >= 0.6 is 0 Å². The molecule has 0 saturated carbocycles. The molecule has 1 aromatic heterocycles. The summed E-state index contributed by atoms with van der Waals surface area (Å²) in [6, 6.07) is 23.3. The maximum Gasteiger partial charge on any atom is 0.449 e. The quantitative estimate of drug-likeness (QED) is 0.396. The predicted molar refractivity (Wildman–Crippen MR) is 118 cm³/mol. The Bertz CT molecular complexity index is 1220. The van der Waals surface area contributed by atoms with Gasteiger partial charge < -0.3 is 15.2 Å². The number of amides is 1. The fourth-order valence-corrected chi connectivity index (χ4v) is 3.52. The molecule has 0 spiro atoms. The maximum atomic E-state index is 13.4. The Hall–Kier alpha value is -3.81. The van der Waals surface area contributed by atoms with Gasteiger partial charge in [-0.15, -0.1) is 0 Å². The van der Waals surface area contributed by atoms with Crippen LogP contribution in [0, 0.1) is 0 Å². The standard InChI is InChI=1S/C24H21F3N4O/c1-16(17-7-3-2-4-8-17)28-18-11-13-19(14-12-18)29-22(32)15-31-21-10-6-5-9-20(21)30-23(31)24(25,26)27/h2-14,16,28H,15H2,1H3,(H,29,32). The summed E-state index contributed by atoms with van der Waals surface area (Å²) in [6.07, 6.45) is -4.66. The molecule has 4 rings (SSSR count). The Kier molecular flexibility index (Phi) is 5.85. The van der Waals surface area contributed by atoms with Gasteiger partial charge in [0.1, 0.15) is 6.54 Å². The number of nitrogens with zero attached hydrogens (tertiary/aromatic N) is 2. The van der Waals surface area contributed by atoms with E-state index in [1.54, 1.807) is 24.3 Å². The zero-order valence-electron chi connectivity index (χ0n) is 17.2. The molecule has 2 N–H and O–H groups in total. The van der Waals surface area contributed by atoms with Gasteiger partial charge in [-0.1, -0.05) is 42.5 Å². The topological polar surface area (TPSA) is 58.9 Å². The van der Waals surface area contributed by atoms with Crippen LogP contribution in [0.2, 0.25) is 0 Å². The van der Waals surface area contributed by atoms with E-state index in [-0.39, 0.29) is 17.1 Å². The third-order valence-corrected chi connectivity index (χ3v) is 5.06. The number of hydrogen-bond donors (Lipinski definition) is 2. The van der Waals surface area contributed by atoms with Crippen LogP contribution in [0.3, 0.4) is 0 Å². The minimum absolute atomic E-state index is 0.0898. The minimum Gasteiger partial charge on any atom is -0.379 e. The molecule has 32 heavy (non-hydrogen) atoms. The molecule has 0 aliphatic carbocycles. The third-order valence-electron chi connectivity index (χ3n) is 5.06. The van der Waals surface area contributed by atoms with Crippen molar-refractivity contribution in [2.45, 2.75) is 25.7 Å². The number of benzene rings is 3. The number of alkyl halides is 3. The molecule has 5 nitrogen and oxygen atoms in total. The number of imidazole rings is 1. The van der Waals surface area contributed by atoms with E-state index in [2.05, 4.69) is 15.6 Å². The summed E-state index contributed by atoms with van der Waals surface area (Å²) >= 11 is 0. The Morgan fingerprint density at radius 3 is 2.25 bits per heavy atom. The highest BCUT2D eigenvalue weighted by molar-refractivity contribution is 5.92. The highest BCUT2D eigenvalue weighted by Gasteiger charge is 2.38. The number of para-hydroxylation sites is 2. The van der Waals surface area contributed by atoms with Crippen molar-refractivity contribution < 1.29 is 18.0 Å². The molecule has 3 aromatic carbocycles. The van der Waals surface area contributed by atoms with Crippen molar-refractivity contribution in [3.05, 3.63) is 90.3 Å². The van der Waals surface area contributed by atoms with Crippen molar-refractivity contribution in [1.29, 1.82) is 0 Å². The molecule has 8 heteroatoms. The summed E-state index contributed by atoms with van der Waals surface area (Å²) in [5.74, 6) is -1.67. The number of aromatic nitrogens is 2. The fraction of sp³-hybridized carbons (Fsp3) is 0.167. The summed E-state index contributed by atoms with van der Waals surface area (Å²) < 4.78 is 41.1. The number of rotatable bonds is 6. The van der Waals surface area contributed by atoms with Crippen LogP contribution in [0.1, 0.15) is 24.4 Å². The normalized spacial score (nSPS) is 12.5. The molecule has 0 aliphatic heterocycles. The summed E-state index contributed by atoms with van der Waals surface area (Å²) in [4.78, 5) is 16.2. The highest BCUT2D eigenvalue weighted by atomic mass is 19.4. The minimum atomic E-state index is -4.66. The van der Waals surface area contributed by atoms with Gasteiger partial charge in [-0.25, -0.2) is 4.98 Å². The Morgan fingerprint density at radius 2 is 1.56 bits per heavy atom. The first-order valence-corrected chi connectivity index (χ1v) is 10.0. The third kappa shape index (κ3) is 4.74. The average Bonchev–Trinajstić information content (AvgIpc) is 3.14. The highest BCUT2D eigenvalue weighted by Crippen LogP contribution is 2.31. The van der Waals surface area contributed by atoms with E-state index in [1.165, 1.54) is 12.1 Å². The Morgan fingerprint density at radius 1 is 0.938 bits per heavy atom. The summed E-state index contributed by atoms with van der Waals surface area (Å²) in [6.45, 7) is 1.54. The second kappa shape index (κ2) is 8.74.